The molecule has 0 bridgehead atoms. The van der Waals surface area contributed by atoms with Gasteiger partial charge in [0.2, 0.25) is 0 Å². The van der Waals surface area contributed by atoms with Gasteiger partial charge in [-0.25, -0.2) is 8.42 Å². The first-order valence-electron chi connectivity index (χ1n) is 6.38. The summed E-state index contributed by atoms with van der Waals surface area (Å²) >= 11 is 0. The molecule has 0 saturated carbocycles. The molecule has 0 fully saturated rings. The highest BCUT2D eigenvalue weighted by molar-refractivity contribution is 7.90. The van der Waals surface area contributed by atoms with Crippen molar-refractivity contribution in [2.24, 2.45) is 5.73 Å². The summed E-state index contributed by atoms with van der Waals surface area (Å²) in [7, 11) is -2.96. The van der Waals surface area contributed by atoms with Crippen molar-refractivity contribution < 1.29 is 8.42 Å². The molecule has 0 aliphatic carbocycles. The lowest BCUT2D eigenvalue weighted by Gasteiger charge is -2.06. The predicted octanol–water partition coefficient (Wildman–Crippen LogP) is 0.554. The minimum atomic E-state index is -2.96. The number of hydrogen-bond donors (Lipinski definition) is 1. The van der Waals surface area contributed by atoms with Gasteiger partial charge in [-0.15, -0.1) is 0 Å². The molecule has 0 aliphatic heterocycles. The fourth-order valence-electron chi connectivity index (χ4n) is 2.14. The van der Waals surface area contributed by atoms with E-state index >= 15 is 0 Å². The van der Waals surface area contributed by atoms with Crippen molar-refractivity contribution in [2.45, 2.75) is 39.7 Å². The Morgan fingerprint density at radius 3 is 2.39 bits per heavy atom. The van der Waals surface area contributed by atoms with Gasteiger partial charge in [-0.2, -0.15) is 5.10 Å². The zero-order valence-electron chi connectivity index (χ0n) is 11.4. The minimum absolute atomic E-state index is 0.132. The molecule has 5 nitrogen and oxygen atoms in total. The van der Waals surface area contributed by atoms with Crippen LogP contribution in [0.25, 0.3) is 0 Å². The van der Waals surface area contributed by atoms with E-state index in [9.17, 15) is 8.42 Å². The van der Waals surface area contributed by atoms with Crippen molar-refractivity contribution in [1.82, 2.24) is 9.78 Å². The zero-order valence-corrected chi connectivity index (χ0v) is 12.3. The van der Waals surface area contributed by atoms with E-state index in [1.54, 1.807) is 0 Å². The number of aryl methyl sites for hydroxylation is 2. The van der Waals surface area contributed by atoms with Crippen molar-refractivity contribution in [3.05, 3.63) is 17.0 Å². The zero-order chi connectivity index (χ0) is 13.8. The van der Waals surface area contributed by atoms with Crippen LogP contribution in [-0.2, 0) is 35.6 Å². The van der Waals surface area contributed by atoms with Crippen molar-refractivity contribution >= 4 is 9.84 Å². The Kier molecular flexibility index (Phi) is 5.34. The fraction of sp³-hybridized carbons (Fsp3) is 0.750. The smallest absolute Gasteiger partial charge is 0.149 e. The maximum absolute atomic E-state index is 11.2. The number of nitrogens with two attached hydrogens (primary N) is 1. The van der Waals surface area contributed by atoms with Gasteiger partial charge in [0.25, 0.3) is 0 Å². The lowest BCUT2D eigenvalue weighted by Crippen LogP contribution is -2.15. The maximum atomic E-state index is 11.2. The van der Waals surface area contributed by atoms with Crippen LogP contribution in [0.2, 0.25) is 0 Å². The second kappa shape index (κ2) is 6.33. The summed E-state index contributed by atoms with van der Waals surface area (Å²) in [5, 5.41) is 4.52. The van der Waals surface area contributed by atoms with Gasteiger partial charge in [0.05, 0.1) is 18.0 Å². The van der Waals surface area contributed by atoms with E-state index in [-0.39, 0.29) is 5.75 Å². The summed E-state index contributed by atoms with van der Waals surface area (Å²) in [6.07, 6.45) is 3.77. The Morgan fingerprint density at radius 1 is 1.28 bits per heavy atom. The SMILES string of the molecule is CCc1nn(CCS(C)(=O)=O)c(CC)c1CCN. The van der Waals surface area contributed by atoms with Gasteiger partial charge >= 0.3 is 0 Å². The van der Waals surface area contributed by atoms with Crippen molar-refractivity contribution in [2.75, 3.05) is 18.6 Å². The molecule has 0 amide bonds. The Labute approximate surface area is 109 Å². The summed E-state index contributed by atoms with van der Waals surface area (Å²) in [4.78, 5) is 0. The molecule has 6 heteroatoms. The van der Waals surface area contributed by atoms with Crippen LogP contribution < -0.4 is 5.73 Å². The normalized spacial score (nSPS) is 12.0. The molecule has 0 aromatic carbocycles. The first-order chi connectivity index (χ1) is 8.42. The van der Waals surface area contributed by atoms with E-state index < -0.39 is 9.84 Å². The number of rotatable bonds is 7. The third-order valence-electron chi connectivity index (χ3n) is 2.99. The lowest BCUT2D eigenvalue weighted by molar-refractivity contribution is 0.576. The van der Waals surface area contributed by atoms with Crippen LogP contribution in [0.3, 0.4) is 0 Å². The minimum Gasteiger partial charge on any atom is -0.330 e. The van der Waals surface area contributed by atoms with Crippen molar-refractivity contribution in [3.8, 4) is 0 Å². The highest BCUT2D eigenvalue weighted by Crippen LogP contribution is 2.17. The topological polar surface area (TPSA) is 78.0 Å². The van der Waals surface area contributed by atoms with Gasteiger partial charge in [-0.3, -0.25) is 4.68 Å². The van der Waals surface area contributed by atoms with E-state index in [4.69, 9.17) is 5.73 Å². The Morgan fingerprint density at radius 2 is 1.94 bits per heavy atom. The van der Waals surface area contributed by atoms with E-state index in [2.05, 4.69) is 18.9 Å². The monoisotopic (exact) mass is 273 g/mol. The molecule has 0 saturated heterocycles. The maximum Gasteiger partial charge on any atom is 0.149 e. The number of hydrogen-bond acceptors (Lipinski definition) is 4. The van der Waals surface area contributed by atoms with Crippen LogP contribution in [0.1, 0.15) is 30.8 Å². The molecule has 1 heterocycles. The molecule has 2 N–H and O–H groups in total. The highest BCUT2D eigenvalue weighted by Gasteiger charge is 2.15. The summed E-state index contributed by atoms with van der Waals surface area (Å²) in [6.45, 7) is 5.15. The molecule has 1 aromatic heterocycles. The second-order valence-electron chi connectivity index (χ2n) is 4.47. The van der Waals surface area contributed by atoms with Crippen LogP contribution in [-0.4, -0.2) is 36.8 Å². The average Bonchev–Trinajstić information content (AvgIpc) is 2.63. The van der Waals surface area contributed by atoms with Gasteiger partial charge < -0.3 is 5.73 Å². The lowest BCUT2D eigenvalue weighted by atomic mass is 10.1. The molecule has 0 aliphatic rings. The molecule has 0 spiro atoms. The molecular weight excluding hydrogens is 250 g/mol. The molecule has 104 valence electrons. The quantitative estimate of drug-likeness (QED) is 0.787. The first-order valence-corrected chi connectivity index (χ1v) is 8.44. The van der Waals surface area contributed by atoms with E-state index in [0.717, 1.165) is 30.7 Å². The Hall–Kier alpha value is -0.880. The van der Waals surface area contributed by atoms with Crippen molar-refractivity contribution in [1.29, 1.82) is 0 Å². The summed E-state index contributed by atoms with van der Waals surface area (Å²) in [5.74, 6) is 0.132. The van der Waals surface area contributed by atoms with Crippen LogP contribution >= 0.6 is 0 Å². The molecule has 0 radical (unpaired) electrons. The van der Waals surface area contributed by atoms with Crippen LogP contribution in [0, 0.1) is 0 Å². The standard InChI is InChI=1S/C12H23N3O2S/c1-4-11-10(6-7-13)12(5-2)15(14-11)8-9-18(3,16)17/h4-9,13H2,1-3H3. The molecule has 0 unspecified atom stereocenters. The third kappa shape index (κ3) is 3.81. The second-order valence-corrected chi connectivity index (χ2v) is 6.73. The molecule has 0 atom stereocenters. The van der Waals surface area contributed by atoms with E-state index in [0.29, 0.717) is 13.1 Å². The van der Waals surface area contributed by atoms with Gasteiger partial charge in [-0.1, -0.05) is 13.8 Å². The molecule has 1 aromatic rings. The highest BCUT2D eigenvalue weighted by atomic mass is 32.2. The average molecular weight is 273 g/mol. The van der Waals surface area contributed by atoms with E-state index in [1.165, 1.54) is 11.8 Å². The van der Waals surface area contributed by atoms with Gasteiger partial charge in [0, 0.05) is 11.9 Å². The largest absolute Gasteiger partial charge is 0.330 e. The molecule has 1 rings (SSSR count). The first kappa shape index (κ1) is 15.2. The summed E-state index contributed by atoms with van der Waals surface area (Å²) in [5.41, 5.74) is 9.00. The summed E-state index contributed by atoms with van der Waals surface area (Å²) < 4.78 is 24.3. The van der Waals surface area contributed by atoms with Gasteiger partial charge in [0.1, 0.15) is 9.84 Å². The Bertz CT molecular complexity index is 492. The van der Waals surface area contributed by atoms with Crippen molar-refractivity contribution in [3.63, 3.8) is 0 Å². The predicted molar refractivity (Wildman–Crippen MR) is 73.5 cm³/mol. The van der Waals surface area contributed by atoms with Crippen LogP contribution in [0.4, 0.5) is 0 Å². The fourth-order valence-corrected chi connectivity index (χ4v) is 2.64. The van der Waals surface area contributed by atoms with Crippen LogP contribution in [0.15, 0.2) is 0 Å². The summed E-state index contributed by atoms with van der Waals surface area (Å²) in [6, 6.07) is 0. The Balaban J connectivity index is 3.04. The van der Waals surface area contributed by atoms with Gasteiger partial charge in [0.15, 0.2) is 0 Å². The molecule has 18 heavy (non-hydrogen) atoms. The molecular formula is C12H23N3O2S. The van der Waals surface area contributed by atoms with E-state index in [1.807, 2.05) is 4.68 Å². The van der Waals surface area contributed by atoms with Crippen LogP contribution in [0.5, 0.6) is 0 Å². The number of nitrogens with zero attached hydrogens (tertiary/aromatic N) is 2. The number of sulfone groups is 1. The third-order valence-corrected chi connectivity index (χ3v) is 3.91. The van der Waals surface area contributed by atoms with Gasteiger partial charge in [-0.05, 0) is 31.4 Å². The number of aromatic nitrogens is 2.